The second-order valence-electron chi connectivity index (χ2n) is 4.70. The Morgan fingerprint density at radius 2 is 2.14 bits per heavy atom. The minimum atomic E-state index is -3.57. The number of nitrogens with one attached hydrogen (secondary N) is 2. The molecule has 0 aliphatic heterocycles. The average Bonchev–Trinajstić information content (AvgIpc) is 2.88. The van der Waals surface area contributed by atoms with Crippen molar-refractivity contribution >= 4 is 27.2 Å². The first-order chi connectivity index (χ1) is 10.0. The minimum absolute atomic E-state index is 0.282. The third-order valence-corrected chi connectivity index (χ3v) is 5.21. The SMILES string of the molecule is CCCNCc1cc(S(=O)(=O)Nc2cccc(C)n2)cs1. The Hall–Kier alpha value is -1.44. The van der Waals surface area contributed by atoms with E-state index in [1.807, 2.05) is 13.0 Å². The molecule has 0 bridgehead atoms. The molecule has 2 rings (SSSR count). The van der Waals surface area contributed by atoms with Gasteiger partial charge in [0.1, 0.15) is 5.82 Å². The summed E-state index contributed by atoms with van der Waals surface area (Å²) in [6.07, 6.45) is 1.05. The molecule has 0 fully saturated rings. The number of rotatable bonds is 7. The smallest absolute Gasteiger partial charge is 0.263 e. The fourth-order valence-electron chi connectivity index (χ4n) is 1.78. The highest BCUT2D eigenvalue weighted by Gasteiger charge is 2.16. The van der Waals surface area contributed by atoms with E-state index >= 15 is 0 Å². The largest absolute Gasteiger partial charge is 0.312 e. The lowest BCUT2D eigenvalue weighted by Gasteiger charge is -2.06. The molecule has 0 saturated heterocycles. The Labute approximate surface area is 129 Å². The molecule has 2 aromatic rings. The fourth-order valence-corrected chi connectivity index (χ4v) is 4.02. The maximum atomic E-state index is 12.3. The zero-order valence-corrected chi connectivity index (χ0v) is 13.7. The van der Waals surface area contributed by atoms with Crippen molar-refractivity contribution in [2.24, 2.45) is 0 Å². The van der Waals surface area contributed by atoms with E-state index in [4.69, 9.17) is 0 Å². The molecule has 0 aromatic carbocycles. The van der Waals surface area contributed by atoms with E-state index < -0.39 is 10.0 Å². The fraction of sp³-hybridized carbons (Fsp3) is 0.357. The van der Waals surface area contributed by atoms with Gasteiger partial charge in [-0.05, 0) is 38.1 Å². The second kappa shape index (κ2) is 7.02. The van der Waals surface area contributed by atoms with Crippen molar-refractivity contribution in [3.8, 4) is 0 Å². The number of aromatic nitrogens is 1. The molecule has 7 heteroatoms. The van der Waals surface area contributed by atoms with E-state index in [0.29, 0.717) is 12.4 Å². The molecule has 21 heavy (non-hydrogen) atoms. The van der Waals surface area contributed by atoms with Crippen molar-refractivity contribution in [2.45, 2.75) is 31.7 Å². The molecule has 0 spiro atoms. The van der Waals surface area contributed by atoms with E-state index in [2.05, 4.69) is 21.9 Å². The lowest BCUT2D eigenvalue weighted by molar-refractivity contribution is 0.601. The first-order valence-electron chi connectivity index (χ1n) is 6.76. The number of pyridine rings is 1. The van der Waals surface area contributed by atoms with Gasteiger partial charge in [-0.1, -0.05) is 13.0 Å². The maximum absolute atomic E-state index is 12.3. The van der Waals surface area contributed by atoms with Gasteiger partial charge in [-0.15, -0.1) is 11.3 Å². The van der Waals surface area contributed by atoms with E-state index in [9.17, 15) is 8.42 Å². The van der Waals surface area contributed by atoms with Gasteiger partial charge in [0.05, 0.1) is 4.90 Å². The van der Waals surface area contributed by atoms with Crippen LogP contribution in [-0.2, 0) is 16.6 Å². The average molecular weight is 325 g/mol. The third kappa shape index (κ3) is 4.52. The third-order valence-electron chi connectivity index (χ3n) is 2.79. The highest BCUT2D eigenvalue weighted by molar-refractivity contribution is 7.92. The summed E-state index contributed by atoms with van der Waals surface area (Å²) < 4.78 is 27.1. The normalized spacial score (nSPS) is 11.5. The molecular weight excluding hydrogens is 306 g/mol. The maximum Gasteiger partial charge on any atom is 0.263 e. The predicted octanol–water partition coefficient (Wildman–Crippen LogP) is 2.75. The summed E-state index contributed by atoms with van der Waals surface area (Å²) in [5, 5.41) is 4.91. The van der Waals surface area contributed by atoms with Crippen LogP contribution in [0.1, 0.15) is 23.9 Å². The van der Waals surface area contributed by atoms with Gasteiger partial charge in [0.25, 0.3) is 10.0 Å². The van der Waals surface area contributed by atoms with Gasteiger partial charge >= 0.3 is 0 Å². The van der Waals surface area contributed by atoms with Gasteiger partial charge in [-0.2, -0.15) is 0 Å². The van der Waals surface area contributed by atoms with Crippen molar-refractivity contribution in [3.63, 3.8) is 0 Å². The van der Waals surface area contributed by atoms with Crippen LogP contribution in [0.4, 0.5) is 5.82 Å². The van der Waals surface area contributed by atoms with Crippen LogP contribution >= 0.6 is 11.3 Å². The number of sulfonamides is 1. The van der Waals surface area contributed by atoms with Crippen molar-refractivity contribution in [1.29, 1.82) is 0 Å². The monoisotopic (exact) mass is 325 g/mol. The van der Waals surface area contributed by atoms with Crippen LogP contribution in [0.3, 0.4) is 0 Å². The lowest BCUT2D eigenvalue weighted by atomic mass is 10.4. The van der Waals surface area contributed by atoms with Crippen LogP contribution in [-0.4, -0.2) is 19.9 Å². The Morgan fingerprint density at radius 3 is 2.86 bits per heavy atom. The molecule has 5 nitrogen and oxygen atoms in total. The van der Waals surface area contributed by atoms with Crippen LogP contribution < -0.4 is 10.0 Å². The number of thiophene rings is 1. The zero-order valence-electron chi connectivity index (χ0n) is 12.1. The summed E-state index contributed by atoms with van der Waals surface area (Å²) in [7, 11) is -3.57. The molecule has 2 aromatic heterocycles. The van der Waals surface area contributed by atoms with Crippen molar-refractivity contribution < 1.29 is 8.42 Å². The molecular formula is C14H19N3O2S2. The highest BCUT2D eigenvalue weighted by Crippen LogP contribution is 2.21. The van der Waals surface area contributed by atoms with Gasteiger partial charge in [-0.3, -0.25) is 4.72 Å². The van der Waals surface area contributed by atoms with E-state index in [-0.39, 0.29) is 4.90 Å². The summed E-state index contributed by atoms with van der Waals surface area (Å²) in [5.74, 6) is 0.340. The molecule has 0 aliphatic carbocycles. The van der Waals surface area contributed by atoms with Gasteiger partial charge in [-0.25, -0.2) is 13.4 Å². The van der Waals surface area contributed by atoms with Gasteiger partial charge < -0.3 is 5.32 Å². The molecule has 114 valence electrons. The first-order valence-corrected chi connectivity index (χ1v) is 9.12. The minimum Gasteiger partial charge on any atom is -0.312 e. The number of hydrogen-bond acceptors (Lipinski definition) is 5. The number of nitrogens with zero attached hydrogens (tertiary/aromatic N) is 1. The molecule has 0 aliphatic rings. The molecule has 2 heterocycles. The molecule has 0 atom stereocenters. The Balaban J connectivity index is 2.09. The first kappa shape index (κ1) is 15.9. The molecule has 0 radical (unpaired) electrons. The van der Waals surface area contributed by atoms with E-state index in [1.54, 1.807) is 23.6 Å². The van der Waals surface area contributed by atoms with Crippen molar-refractivity contribution in [2.75, 3.05) is 11.3 Å². The Kier molecular flexibility index (Phi) is 5.33. The summed E-state index contributed by atoms with van der Waals surface area (Å²) in [6.45, 7) is 5.53. The Bertz CT molecular complexity index is 696. The highest BCUT2D eigenvalue weighted by atomic mass is 32.2. The topological polar surface area (TPSA) is 71.1 Å². The molecule has 0 amide bonds. The summed E-state index contributed by atoms with van der Waals surface area (Å²) in [6, 6.07) is 6.93. The zero-order chi connectivity index (χ0) is 15.3. The quantitative estimate of drug-likeness (QED) is 0.768. The van der Waals surface area contributed by atoms with Crippen molar-refractivity contribution in [3.05, 3.63) is 40.2 Å². The van der Waals surface area contributed by atoms with Crippen molar-refractivity contribution in [1.82, 2.24) is 10.3 Å². The van der Waals surface area contributed by atoms with Gasteiger partial charge in [0.2, 0.25) is 0 Å². The number of anilines is 1. The van der Waals surface area contributed by atoms with Crippen LogP contribution in [0.25, 0.3) is 0 Å². The standard InChI is InChI=1S/C14H19N3O2S2/c1-3-7-15-9-12-8-13(10-20-12)21(18,19)17-14-6-4-5-11(2)16-14/h4-6,8,10,15H,3,7,9H2,1-2H3,(H,16,17). The summed E-state index contributed by atoms with van der Waals surface area (Å²) in [4.78, 5) is 5.43. The van der Waals surface area contributed by atoms with E-state index in [1.165, 1.54) is 11.3 Å². The predicted molar refractivity (Wildman–Crippen MR) is 86.1 cm³/mol. The molecule has 0 saturated carbocycles. The van der Waals surface area contributed by atoms with E-state index in [0.717, 1.165) is 23.5 Å². The summed E-state index contributed by atoms with van der Waals surface area (Å²) >= 11 is 1.44. The molecule has 2 N–H and O–H groups in total. The Morgan fingerprint density at radius 1 is 1.33 bits per heavy atom. The van der Waals surface area contributed by atoms with Crippen LogP contribution in [0, 0.1) is 6.92 Å². The van der Waals surface area contributed by atoms with Crippen LogP contribution in [0.5, 0.6) is 0 Å². The molecule has 0 unspecified atom stereocenters. The lowest BCUT2D eigenvalue weighted by Crippen LogP contribution is -2.14. The second-order valence-corrected chi connectivity index (χ2v) is 7.37. The van der Waals surface area contributed by atoms with Gasteiger partial charge in [0.15, 0.2) is 0 Å². The van der Waals surface area contributed by atoms with Gasteiger partial charge in [0, 0.05) is 22.5 Å². The van der Waals surface area contributed by atoms with Crippen LogP contribution in [0.15, 0.2) is 34.5 Å². The number of aryl methyl sites for hydroxylation is 1. The van der Waals surface area contributed by atoms with Crippen LogP contribution in [0.2, 0.25) is 0 Å². The number of hydrogen-bond donors (Lipinski definition) is 2. The summed E-state index contributed by atoms with van der Waals surface area (Å²) in [5.41, 5.74) is 0.768.